The van der Waals surface area contributed by atoms with Crippen molar-refractivity contribution in [1.29, 1.82) is 0 Å². The maximum absolute atomic E-state index is 14.5. The van der Waals surface area contributed by atoms with Crippen molar-refractivity contribution in [1.82, 2.24) is 0 Å². The molecule has 0 radical (unpaired) electrons. The quantitative estimate of drug-likeness (QED) is 0.0514. The molecule has 0 amide bonds. The molecule has 0 aromatic heterocycles. The van der Waals surface area contributed by atoms with Crippen LogP contribution in [0.15, 0.2) is 60.7 Å². The lowest BCUT2D eigenvalue weighted by molar-refractivity contribution is 0.0447. The van der Waals surface area contributed by atoms with Crippen LogP contribution in [0.5, 0.6) is 0 Å². The second kappa shape index (κ2) is 17.5. The molecule has 5 aromatic rings. The molecule has 0 saturated heterocycles. The Labute approximate surface area is 324 Å². The van der Waals surface area contributed by atoms with Crippen LogP contribution in [0.4, 0.5) is 55.3 Å². The van der Waals surface area contributed by atoms with Gasteiger partial charge in [-0.15, -0.1) is 0 Å². The van der Waals surface area contributed by atoms with Gasteiger partial charge >= 0.3 is 11.9 Å². The van der Waals surface area contributed by atoms with Gasteiger partial charge in [0.05, 0.1) is 22.3 Å². The van der Waals surface area contributed by atoms with E-state index in [9.17, 15) is 53.5 Å². The first-order chi connectivity index (χ1) is 27.4. The number of ether oxygens (including phenoxy) is 2. The van der Waals surface area contributed by atoms with Gasteiger partial charge in [-0.2, -0.15) is 0 Å². The van der Waals surface area contributed by atoms with E-state index < -0.39 is 106 Å². The van der Waals surface area contributed by atoms with Gasteiger partial charge < -0.3 is 19.3 Å². The standard InChI is InChI=1S/C42H26F10N2O4/c1-53(2)25-13-7-21(8-14-25)5-11-23-17-28(42(56)58-20-30-33(45)37(49)40(52)38(50)34(30)46)24(12-6-22-9-15-26(16-10-22)54(3)4)18-27(23)41(55)57-19-29-31(43)35(47)39(51)36(48)32(29)44/h7-10,13-18H,19-20H2,1-4H3. The largest absolute Gasteiger partial charge is 0.457 e. The Morgan fingerprint density at radius 1 is 0.448 bits per heavy atom. The highest BCUT2D eigenvalue weighted by Crippen LogP contribution is 2.27. The monoisotopic (exact) mass is 812 g/mol. The lowest BCUT2D eigenvalue weighted by atomic mass is 9.97. The molecule has 5 rings (SSSR count). The minimum Gasteiger partial charge on any atom is -0.457 e. The number of anilines is 2. The molecule has 58 heavy (non-hydrogen) atoms. The summed E-state index contributed by atoms with van der Waals surface area (Å²) in [6.45, 7) is -2.93. The van der Waals surface area contributed by atoms with E-state index in [1.807, 2.05) is 0 Å². The van der Waals surface area contributed by atoms with Crippen LogP contribution in [0.1, 0.15) is 54.1 Å². The number of hydrogen-bond acceptors (Lipinski definition) is 6. The molecule has 0 atom stereocenters. The highest BCUT2D eigenvalue weighted by molar-refractivity contribution is 5.98. The van der Waals surface area contributed by atoms with E-state index in [-0.39, 0.29) is 11.1 Å². The van der Waals surface area contributed by atoms with Crippen LogP contribution in [0.25, 0.3) is 0 Å². The molecule has 16 heteroatoms. The molecule has 298 valence electrons. The normalized spacial score (nSPS) is 10.6. The summed E-state index contributed by atoms with van der Waals surface area (Å²) in [4.78, 5) is 30.7. The van der Waals surface area contributed by atoms with E-state index in [0.717, 1.165) is 23.5 Å². The summed E-state index contributed by atoms with van der Waals surface area (Å²) in [7, 11) is 7.11. The highest BCUT2D eigenvalue weighted by Gasteiger charge is 2.29. The zero-order valence-electron chi connectivity index (χ0n) is 30.5. The van der Waals surface area contributed by atoms with Crippen LogP contribution < -0.4 is 9.80 Å². The summed E-state index contributed by atoms with van der Waals surface area (Å²) < 4.78 is 151. The molecule has 0 aliphatic rings. The molecule has 0 aliphatic carbocycles. The number of carbonyl (C=O) groups excluding carboxylic acids is 2. The summed E-state index contributed by atoms with van der Waals surface area (Å²) in [5, 5.41) is 0. The van der Waals surface area contributed by atoms with Crippen LogP contribution in [0.3, 0.4) is 0 Å². The second-order valence-electron chi connectivity index (χ2n) is 12.6. The third-order valence-corrected chi connectivity index (χ3v) is 8.34. The van der Waals surface area contributed by atoms with Crippen LogP contribution >= 0.6 is 0 Å². The van der Waals surface area contributed by atoms with E-state index in [2.05, 4.69) is 23.7 Å². The Bertz CT molecular complexity index is 2330. The van der Waals surface area contributed by atoms with Gasteiger partial charge in [-0.25, -0.2) is 53.5 Å². The third-order valence-electron chi connectivity index (χ3n) is 8.34. The number of hydrogen-bond donors (Lipinski definition) is 0. The summed E-state index contributed by atoms with van der Waals surface area (Å²) >= 11 is 0. The van der Waals surface area contributed by atoms with Crippen molar-refractivity contribution in [3.05, 3.63) is 163 Å². The first-order valence-electron chi connectivity index (χ1n) is 16.5. The fourth-order valence-electron chi connectivity index (χ4n) is 5.09. The number of esters is 2. The number of benzene rings is 5. The van der Waals surface area contributed by atoms with Crippen molar-refractivity contribution in [3.63, 3.8) is 0 Å². The maximum Gasteiger partial charge on any atom is 0.339 e. The zero-order chi connectivity index (χ0) is 42.6. The van der Waals surface area contributed by atoms with Crippen LogP contribution in [-0.2, 0) is 22.7 Å². The lowest BCUT2D eigenvalue weighted by Gasteiger charge is -2.13. The molecule has 0 unspecified atom stereocenters. The molecule has 0 fully saturated rings. The Hall–Kier alpha value is -6.94. The van der Waals surface area contributed by atoms with Gasteiger partial charge in [0.2, 0.25) is 11.6 Å². The molecule has 0 bridgehead atoms. The van der Waals surface area contributed by atoms with Crippen molar-refractivity contribution in [2.24, 2.45) is 0 Å². The number of nitrogens with zero attached hydrogens (tertiary/aromatic N) is 2. The summed E-state index contributed by atoms with van der Waals surface area (Å²) in [6, 6.07) is 14.9. The fourth-order valence-corrected chi connectivity index (χ4v) is 5.09. The molecule has 0 saturated carbocycles. The Morgan fingerprint density at radius 3 is 1.00 bits per heavy atom. The van der Waals surface area contributed by atoms with Crippen molar-refractivity contribution in [2.75, 3.05) is 38.0 Å². The van der Waals surface area contributed by atoms with Gasteiger partial charge in [0, 0.05) is 61.8 Å². The van der Waals surface area contributed by atoms with Gasteiger partial charge in [0.1, 0.15) is 13.2 Å². The van der Waals surface area contributed by atoms with Crippen molar-refractivity contribution in [3.8, 4) is 23.7 Å². The SMILES string of the molecule is CN(C)c1ccc(C#Cc2cc(C(=O)OCc3c(F)c(F)c(F)c(F)c3F)c(C#Cc3ccc(N(C)C)cc3)cc2C(=O)OCc2c(F)c(F)c(F)c(F)c2F)cc1. The Kier molecular flexibility index (Phi) is 12.7. The van der Waals surface area contributed by atoms with E-state index in [1.54, 1.807) is 86.5 Å². The van der Waals surface area contributed by atoms with Gasteiger partial charge in [0.15, 0.2) is 46.5 Å². The molecule has 0 spiro atoms. The lowest BCUT2D eigenvalue weighted by Crippen LogP contribution is -2.15. The van der Waals surface area contributed by atoms with E-state index >= 15 is 0 Å². The predicted molar refractivity (Wildman–Crippen MR) is 191 cm³/mol. The number of rotatable bonds is 8. The first kappa shape index (κ1) is 42.2. The van der Waals surface area contributed by atoms with Gasteiger partial charge in [-0.05, 0) is 60.7 Å². The minimum atomic E-state index is -2.44. The molecular formula is C42H26F10N2O4. The van der Waals surface area contributed by atoms with Crippen molar-refractivity contribution < 1.29 is 63.0 Å². The topological polar surface area (TPSA) is 59.1 Å². The van der Waals surface area contributed by atoms with E-state index in [4.69, 9.17) is 9.47 Å². The van der Waals surface area contributed by atoms with Crippen LogP contribution in [0.2, 0.25) is 0 Å². The molecule has 5 aromatic carbocycles. The van der Waals surface area contributed by atoms with Gasteiger partial charge in [-0.3, -0.25) is 0 Å². The van der Waals surface area contributed by atoms with Crippen LogP contribution in [-0.4, -0.2) is 40.1 Å². The average Bonchev–Trinajstić information content (AvgIpc) is 3.21. The zero-order valence-corrected chi connectivity index (χ0v) is 30.5. The second-order valence-corrected chi connectivity index (χ2v) is 12.6. The molecular weight excluding hydrogens is 786 g/mol. The molecule has 6 nitrogen and oxygen atoms in total. The predicted octanol–water partition coefficient (Wildman–Crippen LogP) is 8.72. The van der Waals surface area contributed by atoms with Crippen LogP contribution in [0, 0.1) is 81.9 Å². The Morgan fingerprint density at radius 2 is 0.724 bits per heavy atom. The Balaban J connectivity index is 1.65. The summed E-state index contributed by atoms with van der Waals surface area (Å²) in [5.74, 6) is -15.2. The minimum absolute atomic E-state index is 0.354. The first-order valence-corrected chi connectivity index (χ1v) is 16.5. The van der Waals surface area contributed by atoms with Crippen molar-refractivity contribution >= 4 is 23.3 Å². The summed E-state index contributed by atoms with van der Waals surface area (Å²) in [6.07, 6.45) is 0. The molecule has 0 N–H and O–H groups in total. The van der Waals surface area contributed by atoms with Gasteiger partial charge in [-0.1, -0.05) is 23.7 Å². The number of halogens is 10. The van der Waals surface area contributed by atoms with E-state index in [1.165, 1.54) is 0 Å². The number of carbonyl (C=O) groups is 2. The molecule has 0 aliphatic heterocycles. The van der Waals surface area contributed by atoms with Gasteiger partial charge in [0.25, 0.3) is 0 Å². The third kappa shape index (κ3) is 8.86. The summed E-state index contributed by atoms with van der Waals surface area (Å²) in [5.41, 5.74) is -2.54. The smallest absolute Gasteiger partial charge is 0.339 e. The average molecular weight is 813 g/mol. The maximum atomic E-state index is 14.5. The fraction of sp³-hybridized carbons (Fsp3) is 0.143. The van der Waals surface area contributed by atoms with E-state index in [0.29, 0.717) is 11.1 Å². The van der Waals surface area contributed by atoms with Crippen molar-refractivity contribution in [2.45, 2.75) is 13.2 Å². The molecule has 0 heterocycles. The highest BCUT2D eigenvalue weighted by atomic mass is 19.2.